The monoisotopic (exact) mass is 294 g/mol. The minimum atomic E-state index is 0.368. The molecule has 0 amide bonds. The molecule has 1 aromatic rings. The molecule has 2 atom stereocenters. The molecule has 4 heteroatoms. The highest BCUT2D eigenvalue weighted by molar-refractivity contribution is 7.17. The molecule has 2 unspecified atom stereocenters. The van der Waals surface area contributed by atoms with Crippen molar-refractivity contribution in [1.82, 2.24) is 4.98 Å². The van der Waals surface area contributed by atoms with Crippen molar-refractivity contribution in [3.63, 3.8) is 0 Å². The fraction of sp³-hybridized carbons (Fsp3) is 0.750. The lowest BCUT2D eigenvalue weighted by atomic mass is 10.0. The third-order valence-corrected chi connectivity index (χ3v) is 5.48. The predicted molar refractivity (Wildman–Crippen MR) is 86.1 cm³/mol. The molecular weight excluding hydrogens is 268 g/mol. The number of thiazole rings is 1. The van der Waals surface area contributed by atoms with Gasteiger partial charge in [-0.05, 0) is 31.6 Å². The maximum atomic E-state index is 11.3. The van der Waals surface area contributed by atoms with Crippen LogP contribution in [0.4, 0.5) is 5.13 Å². The molecule has 0 spiro atoms. The van der Waals surface area contributed by atoms with E-state index in [1.807, 2.05) is 0 Å². The van der Waals surface area contributed by atoms with E-state index in [1.165, 1.54) is 25.7 Å². The van der Waals surface area contributed by atoms with Gasteiger partial charge < -0.3 is 4.90 Å². The van der Waals surface area contributed by atoms with Crippen molar-refractivity contribution in [1.29, 1.82) is 0 Å². The average Bonchev–Trinajstić information content (AvgIpc) is 2.76. The number of aldehydes is 1. The minimum Gasteiger partial charge on any atom is -0.345 e. The minimum absolute atomic E-state index is 0.368. The van der Waals surface area contributed by atoms with E-state index in [0.29, 0.717) is 12.0 Å². The molecule has 20 heavy (non-hydrogen) atoms. The first kappa shape index (κ1) is 15.5. The van der Waals surface area contributed by atoms with Crippen LogP contribution >= 0.6 is 11.3 Å². The van der Waals surface area contributed by atoms with Gasteiger partial charge in [0.1, 0.15) is 0 Å². The van der Waals surface area contributed by atoms with Gasteiger partial charge in [0.2, 0.25) is 0 Å². The van der Waals surface area contributed by atoms with Crippen molar-refractivity contribution in [2.75, 3.05) is 11.4 Å². The first-order valence-corrected chi connectivity index (χ1v) is 8.75. The Morgan fingerprint density at radius 3 is 2.85 bits per heavy atom. The van der Waals surface area contributed by atoms with E-state index in [0.717, 1.165) is 41.4 Å². The molecule has 2 heterocycles. The summed E-state index contributed by atoms with van der Waals surface area (Å²) >= 11 is 1.58. The van der Waals surface area contributed by atoms with E-state index in [2.05, 4.69) is 25.7 Å². The van der Waals surface area contributed by atoms with E-state index in [1.54, 1.807) is 11.3 Å². The molecule has 112 valence electrons. The first-order valence-electron chi connectivity index (χ1n) is 7.93. The van der Waals surface area contributed by atoms with Crippen LogP contribution in [0, 0.1) is 0 Å². The third kappa shape index (κ3) is 3.22. The second kappa shape index (κ2) is 7.21. The maximum Gasteiger partial charge on any atom is 0.186 e. The number of aromatic nitrogens is 1. The van der Waals surface area contributed by atoms with Crippen LogP contribution in [-0.4, -0.2) is 23.9 Å². The fourth-order valence-corrected chi connectivity index (χ4v) is 4.04. The van der Waals surface area contributed by atoms with Gasteiger partial charge >= 0.3 is 0 Å². The highest BCUT2D eigenvalue weighted by Crippen LogP contribution is 2.34. The molecule has 1 aliphatic heterocycles. The second-order valence-corrected chi connectivity index (χ2v) is 6.79. The Hall–Kier alpha value is -0.900. The van der Waals surface area contributed by atoms with Gasteiger partial charge in [0.25, 0.3) is 0 Å². The van der Waals surface area contributed by atoms with Crippen LogP contribution in [0.25, 0.3) is 0 Å². The van der Waals surface area contributed by atoms with Gasteiger partial charge in [-0.15, -0.1) is 0 Å². The summed E-state index contributed by atoms with van der Waals surface area (Å²) in [6, 6.07) is 0.591. The molecule has 3 nitrogen and oxygen atoms in total. The smallest absolute Gasteiger partial charge is 0.186 e. The zero-order valence-corrected chi connectivity index (χ0v) is 13.7. The van der Waals surface area contributed by atoms with Crippen LogP contribution in [0.2, 0.25) is 0 Å². The third-order valence-electron chi connectivity index (χ3n) is 4.45. The summed E-state index contributed by atoms with van der Waals surface area (Å²) in [5.41, 5.74) is 1.00. The van der Waals surface area contributed by atoms with Crippen molar-refractivity contribution in [2.24, 2.45) is 0 Å². The van der Waals surface area contributed by atoms with Gasteiger partial charge in [0, 0.05) is 12.6 Å². The summed E-state index contributed by atoms with van der Waals surface area (Å²) < 4.78 is 0. The normalized spacial score (nSPS) is 21.6. The maximum absolute atomic E-state index is 11.3. The largest absolute Gasteiger partial charge is 0.345 e. The topological polar surface area (TPSA) is 33.2 Å². The Bertz CT molecular complexity index is 444. The predicted octanol–water partition coefficient (Wildman–Crippen LogP) is 4.63. The number of hydrogen-bond acceptors (Lipinski definition) is 4. The quantitative estimate of drug-likeness (QED) is 0.742. The molecule has 2 rings (SSSR count). The zero-order chi connectivity index (χ0) is 14.5. The Balaban J connectivity index is 2.30. The second-order valence-electron chi connectivity index (χ2n) is 5.78. The van der Waals surface area contributed by atoms with Crippen molar-refractivity contribution >= 4 is 22.8 Å². The van der Waals surface area contributed by atoms with Crippen molar-refractivity contribution < 1.29 is 4.79 Å². The Kier molecular flexibility index (Phi) is 5.58. The number of hydrogen-bond donors (Lipinski definition) is 0. The van der Waals surface area contributed by atoms with Crippen LogP contribution in [0.15, 0.2) is 0 Å². The number of nitrogens with zero attached hydrogens (tertiary/aromatic N) is 2. The van der Waals surface area contributed by atoms with E-state index < -0.39 is 0 Å². The summed E-state index contributed by atoms with van der Waals surface area (Å²) in [6.07, 6.45) is 8.31. The van der Waals surface area contributed by atoms with Crippen LogP contribution in [0.5, 0.6) is 0 Å². The summed E-state index contributed by atoms with van der Waals surface area (Å²) in [5.74, 6) is 0.368. The van der Waals surface area contributed by atoms with E-state index in [9.17, 15) is 4.79 Å². The van der Waals surface area contributed by atoms with Crippen LogP contribution in [0.3, 0.4) is 0 Å². The highest BCUT2D eigenvalue weighted by Gasteiger charge is 2.25. The van der Waals surface area contributed by atoms with Gasteiger partial charge in [-0.2, -0.15) is 0 Å². The van der Waals surface area contributed by atoms with Crippen molar-refractivity contribution in [3.05, 3.63) is 10.6 Å². The van der Waals surface area contributed by atoms with Crippen LogP contribution in [-0.2, 0) is 0 Å². The van der Waals surface area contributed by atoms with Gasteiger partial charge in [-0.25, -0.2) is 4.98 Å². The summed E-state index contributed by atoms with van der Waals surface area (Å²) in [5, 5.41) is 1.07. The van der Waals surface area contributed by atoms with Crippen molar-refractivity contribution in [3.8, 4) is 0 Å². The lowest BCUT2D eigenvalue weighted by molar-refractivity contribution is 0.112. The summed E-state index contributed by atoms with van der Waals surface area (Å²) in [4.78, 5) is 19.4. The SMILES string of the molecule is CCC(C)c1nc(N2CCCCCC2CC)sc1C=O. The summed E-state index contributed by atoms with van der Waals surface area (Å²) in [6.45, 7) is 7.65. The molecule has 0 bridgehead atoms. The molecule has 0 saturated carbocycles. The average molecular weight is 294 g/mol. The van der Waals surface area contributed by atoms with Gasteiger partial charge in [-0.3, -0.25) is 4.79 Å². The Morgan fingerprint density at radius 2 is 2.20 bits per heavy atom. The highest BCUT2D eigenvalue weighted by atomic mass is 32.1. The lowest BCUT2D eigenvalue weighted by Crippen LogP contribution is -2.34. The fourth-order valence-electron chi connectivity index (χ4n) is 2.94. The Morgan fingerprint density at radius 1 is 1.40 bits per heavy atom. The molecule has 1 aliphatic rings. The molecule has 0 radical (unpaired) electrons. The molecule has 0 N–H and O–H groups in total. The molecular formula is C16H26N2OS. The lowest BCUT2D eigenvalue weighted by Gasteiger charge is -2.28. The molecule has 1 aromatic heterocycles. The van der Waals surface area contributed by atoms with Gasteiger partial charge in [-0.1, -0.05) is 44.9 Å². The zero-order valence-electron chi connectivity index (χ0n) is 12.9. The van der Waals surface area contributed by atoms with Crippen LogP contribution < -0.4 is 4.90 Å². The number of carbonyl (C=O) groups is 1. The van der Waals surface area contributed by atoms with E-state index >= 15 is 0 Å². The molecule has 1 fully saturated rings. The standard InChI is InChI=1S/C16H26N2OS/c1-4-12(3)15-14(11-19)20-16(17-15)18-10-8-6-7-9-13(18)5-2/h11-13H,4-10H2,1-3H3. The summed E-state index contributed by atoms with van der Waals surface area (Å²) in [7, 11) is 0. The van der Waals surface area contributed by atoms with Crippen LogP contribution in [0.1, 0.15) is 80.6 Å². The molecule has 0 aromatic carbocycles. The molecule has 1 saturated heterocycles. The molecule has 0 aliphatic carbocycles. The number of anilines is 1. The van der Waals surface area contributed by atoms with E-state index in [-0.39, 0.29) is 0 Å². The number of rotatable bonds is 5. The van der Waals surface area contributed by atoms with Gasteiger partial charge in [0.15, 0.2) is 11.4 Å². The number of carbonyl (C=O) groups excluding carboxylic acids is 1. The first-order chi connectivity index (χ1) is 9.71. The Labute approximate surface area is 126 Å². The van der Waals surface area contributed by atoms with Gasteiger partial charge in [0.05, 0.1) is 10.6 Å². The van der Waals surface area contributed by atoms with E-state index in [4.69, 9.17) is 4.98 Å². The van der Waals surface area contributed by atoms with Crippen molar-refractivity contribution in [2.45, 2.75) is 71.3 Å².